The molecule has 0 aromatic heterocycles. The van der Waals surface area contributed by atoms with E-state index < -0.39 is 0 Å². The summed E-state index contributed by atoms with van der Waals surface area (Å²) in [5.74, 6) is 1.34. The van der Waals surface area contributed by atoms with Crippen molar-refractivity contribution in [2.75, 3.05) is 39.3 Å². The highest BCUT2D eigenvalue weighted by molar-refractivity contribution is 14.0. The normalized spacial score (nSPS) is 18.9. The lowest BCUT2D eigenvalue weighted by Crippen LogP contribution is -2.44. The van der Waals surface area contributed by atoms with Crippen LogP contribution in [0.15, 0.2) is 4.99 Å². The lowest BCUT2D eigenvalue weighted by Gasteiger charge is -2.20. The van der Waals surface area contributed by atoms with Crippen LogP contribution in [0.4, 0.5) is 0 Å². The van der Waals surface area contributed by atoms with Crippen molar-refractivity contribution in [3.05, 3.63) is 0 Å². The molecule has 1 rings (SSSR count). The molecule has 0 aromatic carbocycles. The Balaban J connectivity index is 0.00000529. The lowest BCUT2D eigenvalue weighted by molar-refractivity contribution is -0.121. The number of likely N-dealkylation sites (tertiary alicyclic amines) is 1. The second-order valence-corrected chi connectivity index (χ2v) is 7.33. The van der Waals surface area contributed by atoms with Gasteiger partial charge in [-0.15, -0.1) is 24.0 Å². The van der Waals surface area contributed by atoms with Gasteiger partial charge in [-0.2, -0.15) is 0 Å². The third-order valence-corrected chi connectivity index (χ3v) is 3.71. The minimum atomic E-state index is -0.217. The van der Waals surface area contributed by atoms with Gasteiger partial charge < -0.3 is 20.9 Å². The first kappa shape index (κ1) is 23.4. The molecule has 1 unspecified atom stereocenters. The van der Waals surface area contributed by atoms with Crippen LogP contribution in [-0.4, -0.2) is 61.6 Å². The fourth-order valence-corrected chi connectivity index (χ4v) is 2.79. The van der Waals surface area contributed by atoms with E-state index in [1.807, 2.05) is 27.7 Å². The molecule has 0 aromatic rings. The molecule has 0 aliphatic carbocycles. The van der Waals surface area contributed by atoms with Crippen molar-refractivity contribution in [3.63, 3.8) is 0 Å². The molecule has 1 heterocycles. The average molecular weight is 453 g/mol. The molecule has 1 atom stereocenters. The summed E-state index contributed by atoms with van der Waals surface area (Å²) >= 11 is 0. The van der Waals surface area contributed by atoms with Crippen molar-refractivity contribution >= 4 is 35.8 Å². The number of nitrogens with one attached hydrogen (secondary N) is 3. The zero-order chi connectivity index (χ0) is 17.3. The van der Waals surface area contributed by atoms with Gasteiger partial charge in [0, 0.05) is 25.2 Å². The summed E-state index contributed by atoms with van der Waals surface area (Å²) in [7, 11) is 0. The van der Waals surface area contributed by atoms with Crippen molar-refractivity contribution in [1.29, 1.82) is 0 Å². The van der Waals surface area contributed by atoms with Gasteiger partial charge in [0.1, 0.15) is 6.54 Å². The number of aliphatic imine (C=N–C) groups is 1. The summed E-state index contributed by atoms with van der Waals surface area (Å²) in [6.45, 7) is 15.6. The second kappa shape index (κ2) is 11.9. The van der Waals surface area contributed by atoms with E-state index in [4.69, 9.17) is 0 Å². The number of halogens is 1. The summed E-state index contributed by atoms with van der Waals surface area (Å²) < 4.78 is 0. The molecule has 7 heteroatoms. The Morgan fingerprint density at radius 2 is 1.96 bits per heavy atom. The Morgan fingerprint density at radius 3 is 2.54 bits per heavy atom. The molecule has 3 N–H and O–H groups in total. The monoisotopic (exact) mass is 453 g/mol. The van der Waals surface area contributed by atoms with Crippen LogP contribution in [-0.2, 0) is 4.79 Å². The van der Waals surface area contributed by atoms with Crippen LogP contribution < -0.4 is 16.0 Å². The number of hydrogen-bond donors (Lipinski definition) is 3. The number of carbonyl (C=O) groups excluding carboxylic acids is 1. The van der Waals surface area contributed by atoms with E-state index in [-0.39, 0.29) is 42.0 Å². The summed E-state index contributed by atoms with van der Waals surface area (Å²) in [4.78, 5) is 18.8. The Hall–Kier alpha value is -0.570. The van der Waals surface area contributed by atoms with E-state index >= 15 is 0 Å². The standard InChI is InChI=1S/C17H35N5O.HI/c1-6-9-22-10-8-14(13-22)11-19-16(18-7-2)20-12-15(23)21-17(3,4)5;/h14H,6-13H2,1-5H3,(H,21,23)(H2,18,19,20);1H. The second-order valence-electron chi connectivity index (χ2n) is 7.33. The zero-order valence-electron chi connectivity index (χ0n) is 15.9. The van der Waals surface area contributed by atoms with E-state index in [0.29, 0.717) is 5.92 Å². The summed E-state index contributed by atoms with van der Waals surface area (Å²) in [6, 6.07) is 0. The van der Waals surface area contributed by atoms with Gasteiger partial charge in [0.15, 0.2) is 5.96 Å². The third kappa shape index (κ3) is 10.3. The lowest BCUT2D eigenvalue weighted by atomic mass is 10.1. The van der Waals surface area contributed by atoms with Gasteiger partial charge in [0.25, 0.3) is 0 Å². The Morgan fingerprint density at radius 1 is 1.25 bits per heavy atom. The smallest absolute Gasteiger partial charge is 0.242 e. The quantitative estimate of drug-likeness (QED) is 0.313. The van der Waals surface area contributed by atoms with Crippen molar-refractivity contribution in [2.24, 2.45) is 10.9 Å². The third-order valence-electron chi connectivity index (χ3n) is 3.71. The number of amides is 1. The van der Waals surface area contributed by atoms with E-state index in [2.05, 4.69) is 32.8 Å². The van der Waals surface area contributed by atoms with E-state index in [1.54, 1.807) is 0 Å². The maximum Gasteiger partial charge on any atom is 0.242 e. The predicted molar refractivity (Wildman–Crippen MR) is 112 cm³/mol. The van der Waals surface area contributed by atoms with Gasteiger partial charge in [-0.25, -0.2) is 4.99 Å². The molecule has 1 aliphatic heterocycles. The Labute approximate surface area is 164 Å². The Bertz CT molecular complexity index is 395. The van der Waals surface area contributed by atoms with Gasteiger partial charge in [-0.3, -0.25) is 4.79 Å². The van der Waals surface area contributed by atoms with Gasteiger partial charge in [-0.05, 0) is 59.5 Å². The Kier molecular flexibility index (Phi) is 11.6. The summed E-state index contributed by atoms with van der Waals surface area (Å²) in [5.41, 5.74) is -0.217. The average Bonchev–Trinajstić information content (AvgIpc) is 2.88. The van der Waals surface area contributed by atoms with Crippen LogP contribution in [0.5, 0.6) is 0 Å². The summed E-state index contributed by atoms with van der Waals surface area (Å²) in [5, 5.41) is 9.51. The van der Waals surface area contributed by atoms with Crippen LogP contribution in [0, 0.1) is 5.92 Å². The number of hydrogen-bond acceptors (Lipinski definition) is 3. The van der Waals surface area contributed by atoms with Crippen molar-refractivity contribution in [3.8, 4) is 0 Å². The first-order valence-corrected chi connectivity index (χ1v) is 8.89. The SMILES string of the molecule is CCCN1CCC(CNC(=NCC(=O)NC(C)(C)C)NCC)C1.I. The van der Waals surface area contributed by atoms with Crippen LogP contribution in [0.2, 0.25) is 0 Å². The topological polar surface area (TPSA) is 68.8 Å². The molecule has 1 saturated heterocycles. The van der Waals surface area contributed by atoms with Crippen molar-refractivity contribution < 1.29 is 4.79 Å². The van der Waals surface area contributed by atoms with Crippen LogP contribution in [0.1, 0.15) is 47.5 Å². The fourth-order valence-electron chi connectivity index (χ4n) is 2.79. The molecule has 24 heavy (non-hydrogen) atoms. The van der Waals surface area contributed by atoms with Crippen LogP contribution >= 0.6 is 24.0 Å². The number of carbonyl (C=O) groups is 1. The fraction of sp³-hybridized carbons (Fsp3) is 0.882. The molecule has 142 valence electrons. The minimum absolute atomic E-state index is 0. The highest BCUT2D eigenvalue weighted by Gasteiger charge is 2.21. The van der Waals surface area contributed by atoms with Crippen LogP contribution in [0.3, 0.4) is 0 Å². The molecule has 1 fully saturated rings. The van der Waals surface area contributed by atoms with E-state index in [9.17, 15) is 4.79 Å². The largest absolute Gasteiger partial charge is 0.357 e. The number of guanidine groups is 1. The molecule has 6 nitrogen and oxygen atoms in total. The molecule has 1 aliphatic rings. The van der Waals surface area contributed by atoms with Gasteiger partial charge in [0.05, 0.1) is 0 Å². The first-order valence-electron chi connectivity index (χ1n) is 8.89. The first-order chi connectivity index (χ1) is 10.8. The molecule has 0 spiro atoms. The molecule has 0 saturated carbocycles. The molecule has 1 amide bonds. The molecular weight excluding hydrogens is 417 g/mol. The summed E-state index contributed by atoms with van der Waals surface area (Å²) in [6.07, 6.45) is 2.45. The predicted octanol–water partition coefficient (Wildman–Crippen LogP) is 1.81. The maximum absolute atomic E-state index is 11.9. The van der Waals surface area contributed by atoms with Gasteiger partial charge in [0.2, 0.25) is 5.91 Å². The van der Waals surface area contributed by atoms with Gasteiger partial charge in [-0.1, -0.05) is 6.92 Å². The minimum Gasteiger partial charge on any atom is -0.357 e. The van der Waals surface area contributed by atoms with E-state index in [0.717, 1.165) is 25.6 Å². The molecule has 0 bridgehead atoms. The van der Waals surface area contributed by atoms with Crippen molar-refractivity contribution in [2.45, 2.75) is 53.0 Å². The maximum atomic E-state index is 11.9. The number of rotatable bonds is 7. The van der Waals surface area contributed by atoms with Gasteiger partial charge >= 0.3 is 0 Å². The van der Waals surface area contributed by atoms with Crippen LogP contribution in [0.25, 0.3) is 0 Å². The number of nitrogens with zero attached hydrogens (tertiary/aromatic N) is 2. The van der Waals surface area contributed by atoms with Crippen molar-refractivity contribution in [1.82, 2.24) is 20.9 Å². The highest BCUT2D eigenvalue weighted by atomic mass is 127. The molecule has 0 radical (unpaired) electrons. The highest BCUT2D eigenvalue weighted by Crippen LogP contribution is 2.15. The van der Waals surface area contributed by atoms with E-state index in [1.165, 1.54) is 25.9 Å². The molecular formula is C17H36IN5O. The zero-order valence-corrected chi connectivity index (χ0v) is 18.3.